The summed E-state index contributed by atoms with van der Waals surface area (Å²) in [4.78, 5) is 11.5. The van der Waals surface area contributed by atoms with Crippen molar-refractivity contribution in [3.63, 3.8) is 0 Å². The third kappa shape index (κ3) is 1.85. The minimum atomic E-state index is -0.313. The van der Waals surface area contributed by atoms with Crippen LogP contribution in [0.15, 0.2) is 47.3 Å². The Morgan fingerprint density at radius 3 is 2.58 bits per heavy atom. The smallest absolute Gasteiger partial charge is 0.255 e. The first-order valence-electron chi connectivity index (χ1n) is 5.78. The van der Waals surface area contributed by atoms with Crippen LogP contribution >= 0.6 is 0 Å². The summed E-state index contributed by atoms with van der Waals surface area (Å²) < 4.78 is 1.36. The van der Waals surface area contributed by atoms with Gasteiger partial charge in [-0.15, -0.1) is 10.2 Å². The second-order valence-corrected chi connectivity index (χ2v) is 4.26. The zero-order valence-corrected chi connectivity index (χ0v) is 10.2. The minimum Gasteiger partial charge on any atom is -0.507 e. The van der Waals surface area contributed by atoms with Gasteiger partial charge in [0.15, 0.2) is 5.65 Å². The van der Waals surface area contributed by atoms with Crippen molar-refractivity contribution in [1.29, 1.82) is 0 Å². The fourth-order valence-electron chi connectivity index (χ4n) is 1.97. The summed E-state index contributed by atoms with van der Waals surface area (Å²) in [6.07, 6.45) is 0. The quantitative estimate of drug-likeness (QED) is 0.716. The van der Waals surface area contributed by atoms with Crippen molar-refractivity contribution in [2.24, 2.45) is 7.05 Å². The molecule has 0 saturated heterocycles. The highest BCUT2D eigenvalue weighted by molar-refractivity contribution is 5.84. The van der Waals surface area contributed by atoms with Crippen LogP contribution < -0.4 is 5.56 Å². The lowest BCUT2D eigenvalue weighted by molar-refractivity contribution is 0.479. The zero-order valence-electron chi connectivity index (χ0n) is 10.2. The van der Waals surface area contributed by atoms with Gasteiger partial charge < -0.3 is 5.11 Å². The molecule has 0 unspecified atom stereocenters. The van der Waals surface area contributed by atoms with Gasteiger partial charge in [-0.3, -0.25) is 9.36 Å². The van der Waals surface area contributed by atoms with Gasteiger partial charge in [-0.2, -0.15) is 0 Å². The summed E-state index contributed by atoms with van der Waals surface area (Å²) in [6.45, 7) is 0. The van der Waals surface area contributed by atoms with Crippen molar-refractivity contribution < 1.29 is 5.11 Å². The number of fused-ring (bicyclic) bond motifs is 1. The van der Waals surface area contributed by atoms with Crippen LogP contribution in [0.1, 0.15) is 0 Å². The van der Waals surface area contributed by atoms with E-state index in [0.29, 0.717) is 16.7 Å². The highest BCUT2D eigenvalue weighted by atomic mass is 16.3. The maximum atomic E-state index is 11.5. The number of pyridine rings is 1. The van der Waals surface area contributed by atoms with Gasteiger partial charge in [0, 0.05) is 18.7 Å². The number of hydrogen-bond donors (Lipinski definition) is 1. The van der Waals surface area contributed by atoms with Crippen molar-refractivity contribution in [3.8, 4) is 17.0 Å². The first-order chi connectivity index (χ1) is 9.16. The van der Waals surface area contributed by atoms with Crippen LogP contribution in [0.25, 0.3) is 22.3 Å². The number of rotatable bonds is 1. The predicted octanol–water partition coefficient (Wildman–Crippen LogP) is 1.70. The van der Waals surface area contributed by atoms with E-state index in [9.17, 15) is 9.90 Å². The lowest BCUT2D eigenvalue weighted by Gasteiger charge is -2.06. The first-order valence-corrected chi connectivity index (χ1v) is 5.78. The van der Waals surface area contributed by atoms with E-state index in [1.54, 1.807) is 13.1 Å². The molecule has 3 aromatic rings. The Labute approximate surface area is 108 Å². The Morgan fingerprint density at radius 1 is 1.11 bits per heavy atom. The number of nitrogens with zero attached hydrogens (tertiary/aromatic N) is 3. The summed E-state index contributed by atoms with van der Waals surface area (Å²) in [7, 11) is 1.60. The number of benzene rings is 1. The molecular weight excluding hydrogens is 242 g/mol. The van der Waals surface area contributed by atoms with Crippen LogP contribution in [0.5, 0.6) is 5.75 Å². The van der Waals surface area contributed by atoms with Crippen LogP contribution in [0.3, 0.4) is 0 Å². The lowest BCUT2D eigenvalue weighted by Crippen LogP contribution is -2.16. The third-order valence-corrected chi connectivity index (χ3v) is 3.03. The number of aryl methyl sites for hydroxylation is 1. The molecule has 5 heteroatoms. The van der Waals surface area contributed by atoms with E-state index in [1.807, 2.05) is 30.3 Å². The second kappa shape index (κ2) is 4.20. The van der Waals surface area contributed by atoms with Gasteiger partial charge in [0.05, 0.1) is 11.1 Å². The van der Waals surface area contributed by atoms with E-state index in [1.165, 1.54) is 10.6 Å². The SMILES string of the molecule is Cn1c(=O)cc(O)c2cc(-c3ccccc3)nnc21. The first kappa shape index (κ1) is 11.4. The summed E-state index contributed by atoms with van der Waals surface area (Å²) in [5, 5.41) is 18.5. The van der Waals surface area contributed by atoms with E-state index in [0.717, 1.165) is 5.56 Å². The normalized spacial score (nSPS) is 10.8. The van der Waals surface area contributed by atoms with Crippen LogP contribution in [-0.4, -0.2) is 19.9 Å². The van der Waals surface area contributed by atoms with Crippen molar-refractivity contribution in [2.45, 2.75) is 0 Å². The van der Waals surface area contributed by atoms with E-state index in [4.69, 9.17) is 0 Å². The average Bonchev–Trinajstić information content (AvgIpc) is 2.45. The van der Waals surface area contributed by atoms with E-state index >= 15 is 0 Å². The lowest BCUT2D eigenvalue weighted by atomic mass is 10.1. The highest BCUT2D eigenvalue weighted by Gasteiger charge is 2.09. The summed E-state index contributed by atoms with van der Waals surface area (Å²) in [5.41, 5.74) is 1.61. The van der Waals surface area contributed by atoms with Crippen LogP contribution in [0, 0.1) is 0 Å². The molecule has 0 saturated carbocycles. The number of hydrogen-bond acceptors (Lipinski definition) is 4. The van der Waals surface area contributed by atoms with Crippen molar-refractivity contribution in [2.75, 3.05) is 0 Å². The van der Waals surface area contributed by atoms with Crippen LogP contribution in [0.2, 0.25) is 0 Å². The molecule has 0 aliphatic heterocycles. The second-order valence-electron chi connectivity index (χ2n) is 4.26. The Morgan fingerprint density at radius 2 is 1.84 bits per heavy atom. The predicted molar refractivity (Wildman–Crippen MR) is 71.9 cm³/mol. The number of aromatic nitrogens is 3. The molecule has 1 N–H and O–H groups in total. The molecule has 5 nitrogen and oxygen atoms in total. The summed E-state index contributed by atoms with van der Waals surface area (Å²) >= 11 is 0. The van der Waals surface area contributed by atoms with Crippen molar-refractivity contribution in [1.82, 2.24) is 14.8 Å². The van der Waals surface area contributed by atoms with Gasteiger partial charge >= 0.3 is 0 Å². The Bertz CT molecular complexity index is 810. The van der Waals surface area contributed by atoms with Gasteiger partial charge in [-0.1, -0.05) is 30.3 Å². The van der Waals surface area contributed by atoms with Gasteiger partial charge in [0.1, 0.15) is 5.75 Å². The molecule has 0 atom stereocenters. The fourth-order valence-corrected chi connectivity index (χ4v) is 1.97. The van der Waals surface area contributed by atoms with Gasteiger partial charge in [-0.25, -0.2) is 0 Å². The standard InChI is InChI=1S/C14H11N3O2/c1-17-13(19)8-12(18)10-7-11(15-16-14(10)17)9-5-3-2-4-6-9/h2-8,18H,1H3. The monoisotopic (exact) mass is 253 g/mol. The third-order valence-electron chi connectivity index (χ3n) is 3.03. The molecule has 0 aliphatic rings. The number of aromatic hydroxyl groups is 1. The van der Waals surface area contributed by atoms with E-state index in [-0.39, 0.29) is 11.3 Å². The van der Waals surface area contributed by atoms with Gasteiger partial charge in [0.2, 0.25) is 0 Å². The highest BCUT2D eigenvalue weighted by Crippen LogP contribution is 2.24. The Kier molecular flexibility index (Phi) is 2.52. The molecule has 2 heterocycles. The molecule has 0 spiro atoms. The Hall–Kier alpha value is -2.69. The molecule has 2 aromatic heterocycles. The van der Waals surface area contributed by atoms with Gasteiger partial charge in [0.25, 0.3) is 5.56 Å². The van der Waals surface area contributed by atoms with E-state index in [2.05, 4.69) is 10.2 Å². The fraction of sp³-hybridized carbons (Fsp3) is 0.0714. The molecule has 3 rings (SSSR count). The maximum absolute atomic E-state index is 11.5. The molecule has 94 valence electrons. The molecule has 0 aliphatic carbocycles. The van der Waals surface area contributed by atoms with E-state index < -0.39 is 0 Å². The summed E-state index contributed by atoms with van der Waals surface area (Å²) in [6, 6.07) is 12.5. The molecule has 1 aromatic carbocycles. The molecule has 0 amide bonds. The summed E-state index contributed by atoms with van der Waals surface area (Å²) in [5.74, 6) is -0.0785. The van der Waals surface area contributed by atoms with Crippen LogP contribution in [-0.2, 0) is 7.05 Å². The molecule has 0 radical (unpaired) electrons. The largest absolute Gasteiger partial charge is 0.507 e. The Balaban J connectivity index is 2.31. The molecular formula is C14H11N3O2. The van der Waals surface area contributed by atoms with Gasteiger partial charge in [-0.05, 0) is 6.07 Å². The topological polar surface area (TPSA) is 68.0 Å². The van der Waals surface area contributed by atoms with Crippen molar-refractivity contribution in [3.05, 3.63) is 52.8 Å². The molecule has 0 bridgehead atoms. The minimum absolute atomic E-state index is 0.0785. The zero-order chi connectivity index (χ0) is 13.4. The average molecular weight is 253 g/mol. The molecule has 19 heavy (non-hydrogen) atoms. The van der Waals surface area contributed by atoms with Crippen molar-refractivity contribution >= 4 is 11.0 Å². The molecule has 0 fully saturated rings. The van der Waals surface area contributed by atoms with Crippen LogP contribution in [0.4, 0.5) is 0 Å². The maximum Gasteiger partial charge on any atom is 0.255 e.